The van der Waals surface area contributed by atoms with Crippen LogP contribution in [0.4, 0.5) is 11.5 Å². The molecule has 0 aromatic carbocycles. The van der Waals surface area contributed by atoms with Crippen molar-refractivity contribution in [2.75, 3.05) is 36.8 Å². The summed E-state index contributed by atoms with van der Waals surface area (Å²) in [5, 5.41) is 0. The highest BCUT2D eigenvalue weighted by atomic mass is 15.3. The number of pyridine rings is 2. The van der Waals surface area contributed by atoms with E-state index in [4.69, 9.17) is 5.73 Å². The molecule has 2 aromatic heterocycles. The second-order valence-electron chi connectivity index (χ2n) is 5.07. The van der Waals surface area contributed by atoms with E-state index in [-0.39, 0.29) is 0 Å². The van der Waals surface area contributed by atoms with Crippen LogP contribution in [0.15, 0.2) is 42.9 Å². The highest BCUT2D eigenvalue weighted by Gasteiger charge is 2.17. The topological polar surface area (TPSA) is 58.3 Å². The zero-order valence-electron chi connectivity index (χ0n) is 11.4. The fraction of sp³-hybridized carbons (Fsp3) is 0.333. The summed E-state index contributed by atoms with van der Waals surface area (Å²) in [6.07, 6.45) is 5.42. The molecule has 2 aromatic rings. The first-order chi connectivity index (χ1) is 9.81. The SMILES string of the molecule is Nc1ccc(N2CCN(Cc3ccncc3)CC2)nc1. The van der Waals surface area contributed by atoms with Crippen LogP contribution in [-0.2, 0) is 6.54 Å². The van der Waals surface area contributed by atoms with Gasteiger partial charge in [-0.15, -0.1) is 0 Å². The third kappa shape index (κ3) is 3.05. The van der Waals surface area contributed by atoms with Gasteiger partial charge in [-0.2, -0.15) is 0 Å². The van der Waals surface area contributed by atoms with Crippen LogP contribution in [0.1, 0.15) is 5.56 Å². The molecule has 1 aliphatic heterocycles. The maximum Gasteiger partial charge on any atom is 0.128 e. The Hall–Kier alpha value is -2.14. The molecule has 0 atom stereocenters. The van der Waals surface area contributed by atoms with Gasteiger partial charge in [0.15, 0.2) is 0 Å². The van der Waals surface area contributed by atoms with Gasteiger partial charge >= 0.3 is 0 Å². The van der Waals surface area contributed by atoms with Crippen molar-refractivity contribution in [1.82, 2.24) is 14.9 Å². The van der Waals surface area contributed by atoms with Crippen LogP contribution in [0, 0.1) is 0 Å². The number of anilines is 2. The number of aromatic nitrogens is 2. The molecule has 0 saturated carbocycles. The molecule has 0 spiro atoms. The Morgan fingerprint density at radius 2 is 1.75 bits per heavy atom. The van der Waals surface area contributed by atoms with Crippen LogP contribution in [0.3, 0.4) is 0 Å². The van der Waals surface area contributed by atoms with Crippen molar-refractivity contribution >= 4 is 11.5 Å². The summed E-state index contributed by atoms with van der Waals surface area (Å²) >= 11 is 0. The van der Waals surface area contributed by atoms with Crippen molar-refractivity contribution in [2.45, 2.75) is 6.54 Å². The maximum atomic E-state index is 5.67. The van der Waals surface area contributed by atoms with Crippen LogP contribution in [0.25, 0.3) is 0 Å². The minimum atomic E-state index is 0.713. The lowest BCUT2D eigenvalue weighted by Gasteiger charge is -2.35. The van der Waals surface area contributed by atoms with Gasteiger partial charge in [0.25, 0.3) is 0 Å². The molecule has 20 heavy (non-hydrogen) atoms. The summed E-state index contributed by atoms with van der Waals surface area (Å²) in [7, 11) is 0. The van der Waals surface area contributed by atoms with Gasteiger partial charge < -0.3 is 10.6 Å². The molecule has 0 bridgehead atoms. The summed E-state index contributed by atoms with van der Waals surface area (Å²) in [4.78, 5) is 13.2. The van der Waals surface area contributed by atoms with Crippen molar-refractivity contribution < 1.29 is 0 Å². The van der Waals surface area contributed by atoms with Crippen LogP contribution in [0.5, 0.6) is 0 Å². The van der Waals surface area contributed by atoms with E-state index in [1.165, 1.54) is 5.56 Å². The van der Waals surface area contributed by atoms with Gasteiger partial charge in [0, 0.05) is 45.1 Å². The molecular formula is C15H19N5. The summed E-state index contributed by atoms with van der Waals surface area (Å²) < 4.78 is 0. The lowest BCUT2D eigenvalue weighted by atomic mass is 10.2. The number of nitrogen functional groups attached to an aromatic ring is 1. The van der Waals surface area contributed by atoms with E-state index >= 15 is 0 Å². The smallest absolute Gasteiger partial charge is 0.128 e. The maximum absolute atomic E-state index is 5.67. The van der Waals surface area contributed by atoms with Crippen molar-refractivity contribution in [1.29, 1.82) is 0 Å². The molecular weight excluding hydrogens is 250 g/mol. The zero-order valence-corrected chi connectivity index (χ0v) is 11.4. The van der Waals surface area contributed by atoms with Gasteiger partial charge in [-0.25, -0.2) is 4.98 Å². The molecule has 0 radical (unpaired) electrons. The Balaban J connectivity index is 1.55. The van der Waals surface area contributed by atoms with Gasteiger partial charge in [-0.3, -0.25) is 9.88 Å². The minimum absolute atomic E-state index is 0.713. The van der Waals surface area contributed by atoms with E-state index in [1.807, 2.05) is 24.5 Å². The molecule has 2 N–H and O–H groups in total. The van der Waals surface area contributed by atoms with E-state index < -0.39 is 0 Å². The number of rotatable bonds is 3. The van der Waals surface area contributed by atoms with Crippen LogP contribution < -0.4 is 10.6 Å². The Labute approximate surface area is 119 Å². The highest BCUT2D eigenvalue weighted by Crippen LogP contribution is 2.15. The van der Waals surface area contributed by atoms with Gasteiger partial charge in [-0.05, 0) is 29.8 Å². The first kappa shape index (κ1) is 12.9. The Morgan fingerprint density at radius 1 is 1.00 bits per heavy atom. The van der Waals surface area contributed by atoms with E-state index in [0.717, 1.165) is 38.5 Å². The van der Waals surface area contributed by atoms with Gasteiger partial charge in [0.05, 0.1) is 11.9 Å². The predicted octanol–water partition coefficient (Wildman–Crippen LogP) is 1.38. The Morgan fingerprint density at radius 3 is 2.40 bits per heavy atom. The lowest BCUT2D eigenvalue weighted by Crippen LogP contribution is -2.46. The van der Waals surface area contributed by atoms with Gasteiger partial charge in [0.1, 0.15) is 5.82 Å². The first-order valence-corrected chi connectivity index (χ1v) is 6.89. The fourth-order valence-corrected chi connectivity index (χ4v) is 2.47. The standard InChI is InChI=1S/C15H19N5/c16-14-1-2-15(18-11-14)20-9-7-19(8-10-20)12-13-3-5-17-6-4-13/h1-6,11H,7-10,12,16H2. The van der Waals surface area contributed by atoms with Gasteiger partial charge in [0.2, 0.25) is 0 Å². The summed E-state index contributed by atoms with van der Waals surface area (Å²) in [6.45, 7) is 5.10. The van der Waals surface area contributed by atoms with Crippen LogP contribution >= 0.6 is 0 Å². The molecule has 3 heterocycles. The average Bonchev–Trinajstić information content (AvgIpc) is 2.50. The van der Waals surface area contributed by atoms with Crippen LogP contribution in [0.2, 0.25) is 0 Å². The minimum Gasteiger partial charge on any atom is -0.397 e. The lowest BCUT2D eigenvalue weighted by molar-refractivity contribution is 0.249. The molecule has 5 nitrogen and oxygen atoms in total. The monoisotopic (exact) mass is 269 g/mol. The summed E-state index contributed by atoms with van der Waals surface area (Å²) in [5.74, 6) is 1.02. The number of hydrogen-bond acceptors (Lipinski definition) is 5. The van der Waals surface area contributed by atoms with Crippen molar-refractivity contribution in [3.05, 3.63) is 48.4 Å². The average molecular weight is 269 g/mol. The molecule has 1 saturated heterocycles. The molecule has 3 rings (SSSR count). The second-order valence-corrected chi connectivity index (χ2v) is 5.07. The number of hydrogen-bond donors (Lipinski definition) is 1. The molecule has 5 heteroatoms. The summed E-state index contributed by atoms with van der Waals surface area (Å²) in [6, 6.07) is 8.06. The molecule has 0 unspecified atom stereocenters. The third-order valence-electron chi connectivity index (χ3n) is 3.62. The number of nitrogens with two attached hydrogens (primary N) is 1. The Kier molecular flexibility index (Phi) is 3.78. The van der Waals surface area contributed by atoms with Crippen molar-refractivity contribution in [2.24, 2.45) is 0 Å². The Bertz CT molecular complexity index is 532. The zero-order chi connectivity index (χ0) is 13.8. The van der Waals surface area contributed by atoms with E-state index in [9.17, 15) is 0 Å². The van der Waals surface area contributed by atoms with Gasteiger partial charge in [-0.1, -0.05) is 0 Å². The third-order valence-corrected chi connectivity index (χ3v) is 3.62. The van der Waals surface area contributed by atoms with E-state index in [0.29, 0.717) is 5.69 Å². The molecule has 1 aliphatic rings. The largest absolute Gasteiger partial charge is 0.397 e. The predicted molar refractivity (Wildman–Crippen MR) is 80.4 cm³/mol. The summed E-state index contributed by atoms with van der Waals surface area (Å²) in [5.41, 5.74) is 7.70. The number of nitrogens with zero attached hydrogens (tertiary/aromatic N) is 4. The molecule has 104 valence electrons. The van der Waals surface area contributed by atoms with E-state index in [1.54, 1.807) is 6.20 Å². The number of piperazine rings is 1. The second kappa shape index (κ2) is 5.88. The van der Waals surface area contributed by atoms with Crippen molar-refractivity contribution in [3.63, 3.8) is 0 Å². The molecule has 0 aliphatic carbocycles. The molecule has 1 fully saturated rings. The highest BCUT2D eigenvalue weighted by molar-refractivity contribution is 5.46. The molecule has 0 amide bonds. The fourth-order valence-electron chi connectivity index (χ4n) is 2.47. The normalized spacial score (nSPS) is 16.3. The first-order valence-electron chi connectivity index (χ1n) is 6.89. The van der Waals surface area contributed by atoms with Crippen molar-refractivity contribution in [3.8, 4) is 0 Å². The van der Waals surface area contributed by atoms with Crippen LogP contribution in [-0.4, -0.2) is 41.0 Å². The quantitative estimate of drug-likeness (QED) is 0.912. The van der Waals surface area contributed by atoms with E-state index in [2.05, 4.69) is 31.9 Å².